The van der Waals surface area contributed by atoms with E-state index in [-0.39, 0.29) is 17.9 Å². The van der Waals surface area contributed by atoms with Crippen LogP contribution in [0.15, 0.2) is 54.6 Å². The molecule has 1 aromatic heterocycles. The minimum atomic E-state index is -1.00. The Labute approximate surface area is 188 Å². The average Bonchev–Trinajstić information content (AvgIpc) is 2.98. The molecule has 0 radical (unpaired) electrons. The van der Waals surface area contributed by atoms with Crippen molar-refractivity contribution >= 4 is 22.8 Å². The first-order valence-corrected chi connectivity index (χ1v) is 11.7. The fourth-order valence-corrected chi connectivity index (χ4v) is 5.11. The molecule has 0 saturated heterocycles. The average molecular weight is 431 g/mol. The van der Waals surface area contributed by atoms with Crippen LogP contribution in [0, 0.1) is 0 Å². The second kappa shape index (κ2) is 8.41. The lowest BCUT2D eigenvalue weighted by molar-refractivity contribution is -0.134. The maximum absolute atomic E-state index is 13.8. The van der Waals surface area contributed by atoms with Crippen LogP contribution in [0.2, 0.25) is 0 Å². The van der Waals surface area contributed by atoms with Gasteiger partial charge in [-0.1, -0.05) is 68.1 Å². The normalized spacial score (nSPS) is 21.9. The lowest BCUT2D eigenvalue weighted by Crippen LogP contribution is -2.64. The van der Waals surface area contributed by atoms with Gasteiger partial charge < -0.3 is 14.8 Å². The molecule has 166 valence electrons. The Kier molecular flexibility index (Phi) is 5.45. The third kappa shape index (κ3) is 3.68. The number of carbonyl (C=O) groups excluding carboxylic acids is 2. The van der Waals surface area contributed by atoms with Crippen LogP contribution in [-0.2, 0) is 17.9 Å². The number of carbonyl (C=O) groups is 2. The van der Waals surface area contributed by atoms with Crippen LogP contribution in [0.4, 0.5) is 0 Å². The van der Waals surface area contributed by atoms with Crippen molar-refractivity contribution in [3.05, 3.63) is 66.0 Å². The van der Waals surface area contributed by atoms with Gasteiger partial charge in [0.1, 0.15) is 5.54 Å². The molecule has 1 N–H and O–H groups in total. The Hall–Kier alpha value is -3.15. The topological polar surface area (TPSA) is 67.2 Å². The van der Waals surface area contributed by atoms with E-state index in [4.69, 9.17) is 0 Å². The van der Waals surface area contributed by atoms with Crippen LogP contribution >= 0.6 is 0 Å². The number of nitrogens with zero attached hydrogens (tertiary/aromatic N) is 3. The summed E-state index contributed by atoms with van der Waals surface area (Å²) in [6.07, 6.45) is 6.76. The molecule has 2 aromatic carbocycles. The summed E-state index contributed by atoms with van der Waals surface area (Å²) in [4.78, 5) is 33.8. The fraction of sp³-hybridized carbons (Fsp3) is 0.423. The van der Waals surface area contributed by atoms with E-state index in [2.05, 4.69) is 10.3 Å². The fourth-order valence-electron chi connectivity index (χ4n) is 5.11. The Bertz CT molecular complexity index is 1130. The number of para-hydroxylation sites is 2. The number of hydrogen-bond acceptors (Lipinski definition) is 3. The van der Waals surface area contributed by atoms with Crippen LogP contribution in [0.1, 0.15) is 61.6 Å². The summed E-state index contributed by atoms with van der Waals surface area (Å²) in [7, 11) is 0. The van der Waals surface area contributed by atoms with Gasteiger partial charge in [0.2, 0.25) is 5.91 Å². The second-order valence-corrected chi connectivity index (χ2v) is 9.32. The summed E-state index contributed by atoms with van der Waals surface area (Å²) in [6.45, 7) is 2.66. The number of nitrogens with one attached hydrogen (secondary N) is 1. The SMILES string of the molecule is CC1(C(=O)NC2CCCCCC2)Cn2c(nc3ccccc32)C(=O)N1Cc1ccccc1. The van der Waals surface area contributed by atoms with E-state index >= 15 is 0 Å². The number of aromatic nitrogens is 2. The molecule has 0 spiro atoms. The highest BCUT2D eigenvalue weighted by Gasteiger charge is 2.48. The van der Waals surface area contributed by atoms with Crippen LogP contribution in [0.25, 0.3) is 11.0 Å². The molecular formula is C26H30N4O2. The largest absolute Gasteiger partial charge is 0.351 e. The van der Waals surface area contributed by atoms with E-state index < -0.39 is 5.54 Å². The predicted octanol–water partition coefficient (Wildman–Crippen LogP) is 4.29. The zero-order valence-corrected chi connectivity index (χ0v) is 18.6. The summed E-state index contributed by atoms with van der Waals surface area (Å²) in [6, 6.07) is 17.8. The number of amides is 2. The molecule has 32 heavy (non-hydrogen) atoms. The molecular weight excluding hydrogens is 400 g/mol. The molecule has 6 heteroatoms. The predicted molar refractivity (Wildman–Crippen MR) is 124 cm³/mol. The minimum absolute atomic E-state index is 0.0721. The van der Waals surface area contributed by atoms with Gasteiger partial charge >= 0.3 is 0 Å². The third-order valence-electron chi connectivity index (χ3n) is 7.02. The molecule has 1 aliphatic heterocycles. The van der Waals surface area contributed by atoms with Crippen molar-refractivity contribution in [2.75, 3.05) is 0 Å². The summed E-state index contributed by atoms with van der Waals surface area (Å²) in [5.74, 6) is 0.133. The molecule has 2 heterocycles. The quantitative estimate of drug-likeness (QED) is 0.628. The van der Waals surface area contributed by atoms with Gasteiger partial charge in [0.25, 0.3) is 5.91 Å². The molecule has 1 fully saturated rings. The molecule has 0 bridgehead atoms. The Morgan fingerprint density at radius 1 is 1.03 bits per heavy atom. The summed E-state index contributed by atoms with van der Waals surface area (Å²) in [5.41, 5.74) is 1.67. The van der Waals surface area contributed by atoms with Gasteiger partial charge in [-0.3, -0.25) is 9.59 Å². The smallest absolute Gasteiger partial charge is 0.291 e. The van der Waals surface area contributed by atoms with Crippen LogP contribution < -0.4 is 5.32 Å². The Morgan fingerprint density at radius 3 is 2.47 bits per heavy atom. The molecule has 2 aliphatic rings. The number of fused-ring (bicyclic) bond motifs is 3. The molecule has 1 unspecified atom stereocenters. The van der Waals surface area contributed by atoms with Crippen molar-refractivity contribution in [1.82, 2.24) is 19.8 Å². The van der Waals surface area contributed by atoms with Crippen molar-refractivity contribution < 1.29 is 9.59 Å². The van der Waals surface area contributed by atoms with Gasteiger partial charge in [-0.15, -0.1) is 0 Å². The monoisotopic (exact) mass is 430 g/mol. The summed E-state index contributed by atoms with van der Waals surface area (Å²) < 4.78 is 1.92. The standard InChI is InChI=1S/C26H30N4O2/c1-26(25(32)27-20-13-7-2-3-8-14-20)18-29-22-16-10-9-15-21(22)28-23(29)24(31)30(26)17-19-11-5-4-6-12-19/h4-6,9-12,15-16,20H,2-3,7-8,13-14,17-18H2,1H3,(H,27,32). The van der Waals surface area contributed by atoms with Crippen molar-refractivity contribution in [2.45, 2.75) is 70.1 Å². The molecule has 3 aromatic rings. The van der Waals surface area contributed by atoms with Crippen molar-refractivity contribution in [3.8, 4) is 0 Å². The maximum atomic E-state index is 13.8. The molecule has 5 rings (SSSR count). The molecule has 2 amide bonds. The first kappa shape index (κ1) is 20.7. The van der Waals surface area contributed by atoms with Crippen molar-refractivity contribution in [3.63, 3.8) is 0 Å². The minimum Gasteiger partial charge on any atom is -0.351 e. The lowest BCUT2D eigenvalue weighted by Gasteiger charge is -2.44. The van der Waals surface area contributed by atoms with E-state index in [1.54, 1.807) is 4.90 Å². The van der Waals surface area contributed by atoms with Gasteiger partial charge in [-0.2, -0.15) is 0 Å². The van der Waals surface area contributed by atoms with Crippen LogP contribution in [0.3, 0.4) is 0 Å². The lowest BCUT2D eigenvalue weighted by atomic mass is 9.93. The van der Waals surface area contributed by atoms with Gasteiger partial charge in [-0.05, 0) is 37.5 Å². The van der Waals surface area contributed by atoms with Crippen LogP contribution in [0.5, 0.6) is 0 Å². The van der Waals surface area contributed by atoms with E-state index in [1.165, 1.54) is 12.8 Å². The van der Waals surface area contributed by atoms with Crippen molar-refractivity contribution in [1.29, 1.82) is 0 Å². The van der Waals surface area contributed by atoms with E-state index in [0.717, 1.165) is 42.3 Å². The van der Waals surface area contributed by atoms with Gasteiger partial charge in [0.05, 0.1) is 17.6 Å². The number of imidazole rings is 1. The second-order valence-electron chi connectivity index (χ2n) is 9.32. The molecule has 1 aliphatic carbocycles. The Morgan fingerprint density at radius 2 is 1.72 bits per heavy atom. The van der Waals surface area contributed by atoms with Gasteiger partial charge in [0.15, 0.2) is 5.82 Å². The first-order chi connectivity index (χ1) is 15.6. The highest BCUT2D eigenvalue weighted by atomic mass is 16.2. The van der Waals surface area contributed by atoms with E-state index in [9.17, 15) is 9.59 Å². The molecule has 6 nitrogen and oxygen atoms in total. The van der Waals surface area contributed by atoms with Crippen LogP contribution in [-0.4, -0.2) is 37.8 Å². The Balaban J connectivity index is 1.53. The van der Waals surface area contributed by atoms with E-state index in [1.807, 2.05) is 66.1 Å². The number of benzene rings is 2. The van der Waals surface area contributed by atoms with Gasteiger partial charge in [0, 0.05) is 12.6 Å². The zero-order valence-electron chi connectivity index (χ0n) is 18.6. The molecule has 1 atom stereocenters. The maximum Gasteiger partial charge on any atom is 0.291 e. The van der Waals surface area contributed by atoms with E-state index in [0.29, 0.717) is 18.9 Å². The third-order valence-corrected chi connectivity index (χ3v) is 7.02. The zero-order chi connectivity index (χ0) is 22.1. The summed E-state index contributed by atoms with van der Waals surface area (Å²) in [5, 5.41) is 3.31. The first-order valence-electron chi connectivity index (χ1n) is 11.7. The number of rotatable bonds is 4. The number of hydrogen-bond donors (Lipinski definition) is 1. The van der Waals surface area contributed by atoms with Crippen molar-refractivity contribution in [2.24, 2.45) is 0 Å². The molecule has 1 saturated carbocycles. The summed E-state index contributed by atoms with van der Waals surface area (Å²) >= 11 is 0. The van der Waals surface area contributed by atoms with Gasteiger partial charge in [-0.25, -0.2) is 4.98 Å². The highest BCUT2D eigenvalue weighted by Crippen LogP contribution is 2.32. The highest BCUT2D eigenvalue weighted by molar-refractivity contribution is 6.01.